The summed E-state index contributed by atoms with van der Waals surface area (Å²) >= 11 is 1.65. The van der Waals surface area contributed by atoms with Crippen LogP contribution in [0.15, 0.2) is 48.4 Å². The van der Waals surface area contributed by atoms with Crippen molar-refractivity contribution >= 4 is 23.2 Å². The molecule has 0 radical (unpaired) electrons. The van der Waals surface area contributed by atoms with Gasteiger partial charge in [-0.2, -0.15) is 0 Å². The quantitative estimate of drug-likeness (QED) is 0.594. The van der Waals surface area contributed by atoms with Gasteiger partial charge in [0.1, 0.15) is 13.2 Å². The van der Waals surface area contributed by atoms with E-state index in [0.717, 1.165) is 12.0 Å². The second-order valence-electron chi connectivity index (χ2n) is 7.56. The smallest absolute Gasteiger partial charge is 0.242 e. The zero-order chi connectivity index (χ0) is 21.7. The van der Waals surface area contributed by atoms with E-state index in [4.69, 9.17) is 4.74 Å². The zero-order valence-corrected chi connectivity index (χ0v) is 18.2. The van der Waals surface area contributed by atoms with Gasteiger partial charge in [0.15, 0.2) is 11.6 Å². The minimum Gasteiger partial charge on any atom is -0.488 e. The highest BCUT2D eigenvalue weighted by molar-refractivity contribution is 7.10. The van der Waals surface area contributed by atoms with Crippen molar-refractivity contribution in [1.82, 2.24) is 9.80 Å². The normalized spacial score (nSPS) is 15.6. The lowest BCUT2D eigenvalue weighted by Crippen LogP contribution is -2.48. The molecule has 3 rings (SSSR count). The molecular weight excluding hydrogens is 403 g/mol. The molecule has 1 atom stereocenters. The Morgan fingerprint density at radius 2 is 2.13 bits per heavy atom. The molecule has 0 bridgehead atoms. The largest absolute Gasteiger partial charge is 0.488 e. The fourth-order valence-corrected chi connectivity index (χ4v) is 4.54. The van der Waals surface area contributed by atoms with Gasteiger partial charge in [0.2, 0.25) is 11.8 Å². The number of hydrogen-bond donors (Lipinski definition) is 0. The van der Waals surface area contributed by atoms with E-state index in [2.05, 4.69) is 6.58 Å². The van der Waals surface area contributed by atoms with Crippen LogP contribution < -0.4 is 4.74 Å². The van der Waals surface area contributed by atoms with Crippen molar-refractivity contribution in [2.45, 2.75) is 26.3 Å². The molecule has 30 heavy (non-hydrogen) atoms. The van der Waals surface area contributed by atoms with E-state index in [1.54, 1.807) is 40.5 Å². The number of ether oxygens (including phenoxy) is 1. The van der Waals surface area contributed by atoms with Crippen LogP contribution in [0.3, 0.4) is 0 Å². The van der Waals surface area contributed by atoms with Gasteiger partial charge in [-0.05, 0) is 35.6 Å². The summed E-state index contributed by atoms with van der Waals surface area (Å²) in [4.78, 5) is 30.2. The van der Waals surface area contributed by atoms with Gasteiger partial charge in [-0.3, -0.25) is 9.59 Å². The molecule has 7 heteroatoms. The Morgan fingerprint density at radius 1 is 1.37 bits per heavy atom. The van der Waals surface area contributed by atoms with Crippen LogP contribution in [0.4, 0.5) is 4.39 Å². The van der Waals surface area contributed by atoms with E-state index in [-0.39, 0.29) is 42.7 Å². The summed E-state index contributed by atoms with van der Waals surface area (Å²) in [5.41, 5.74) is 1.03. The molecule has 2 amide bonds. The third kappa shape index (κ3) is 4.90. The van der Waals surface area contributed by atoms with Crippen molar-refractivity contribution in [3.63, 3.8) is 0 Å². The highest BCUT2D eigenvalue weighted by Gasteiger charge is 2.33. The molecule has 0 saturated heterocycles. The van der Waals surface area contributed by atoms with Gasteiger partial charge in [-0.1, -0.05) is 32.1 Å². The summed E-state index contributed by atoms with van der Waals surface area (Å²) in [6, 6.07) is 7.91. The second-order valence-corrected chi connectivity index (χ2v) is 8.56. The molecule has 0 saturated carbocycles. The molecule has 2 aromatic rings. The number of thiophene rings is 1. The minimum atomic E-state index is -0.434. The van der Waals surface area contributed by atoms with Gasteiger partial charge in [0.25, 0.3) is 0 Å². The van der Waals surface area contributed by atoms with Crippen LogP contribution in [0.2, 0.25) is 0 Å². The van der Waals surface area contributed by atoms with E-state index in [0.29, 0.717) is 13.1 Å². The Kier molecular flexibility index (Phi) is 7.26. The van der Waals surface area contributed by atoms with Gasteiger partial charge in [-0.15, -0.1) is 17.9 Å². The molecule has 5 nitrogen and oxygen atoms in total. The van der Waals surface area contributed by atoms with Crippen LogP contribution in [0.5, 0.6) is 5.75 Å². The van der Waals surface area contributed by atoms with Gasteiger partial charge >= 0.3 is 0 Å². The summed E-state index contributed by atoms with van der Waals surface area (Å²) in [7, 11) is 0. The van der Waals surface area contributed by atoms with E-state index in [9.17, 15) is 14.0 Å². The van der Waals surface area contributed by atoms with Crippen LogP contribution in [0.1, 0.15) is 30.3 Å². The van der Waals surface area contributed by atoms with Gasteiger partial charge in [0, 0.05) is 23.9 Å². The average Bonchev–Trinajstić information content (AvgIpc) is 3.21. The van der Waals surface area contributed by atoms with Gasteiger partial charge < -0.3 is 14.5 Å². The summed E-state index contributed by atoms with van der Waals surface area (Å²) in [6.07, 6.45) is 2.38. The Hall–Kier alpha value is -2.67. The summed E-state index contributed by atoms with van der Waals surface area (Å²) < 4.78 is 19.8. The van der Waals surface area contributed by atoms with E-state index in [1.165, 1.54) is 15.8 Å². The molecule has 160 valence electrons. The Morgan fingerprint density at radius 3 is 2.83 bits per heavy atom. The second kappa shape index (κ2) is 9.89. The maximum absolute atomic E-state index is 14.0. The van der Waals surface area contributed by atoms with Crippen LogP contribution in [0, 0.1) is 11.7 Å². The standard InChI is InChI=1S/C23H27FN2O3S/c1-4-11-25(23(28)16(2)3)14-22(27)26-12-9-21-17(10-13-30-21)19(26)15-29-20-8-6-5-7-18(20)24/h4-8,10,13,16,19H,1,9,11-12,14-15H2,2-3H3. The molecule has 1 unspecified atom stereocenters. The third-order valence-electron chi connectivity index (χ3n) is 5.13. The third-order valence-corrected chi connectivity index (χ3v) is 6.13. The van der Waals surface area contributed by atoms with Crippen molar-refractivity contribution < 1.29 is 18.7 Å². The first-order valence-corrected chi connectivity index (χ1v) is 10.9. The molecule has 0 spiro atoms. The van der Waals surface area contributed by atoms with E-state index in [1.807, 2.05) is 25.3 Å². The van der Waals surface area contributed by atoms with Crippen molar-refractivity contribution in [1.29, 1.82) is 0 Å². The summed E-state index contributed by atoms with van der Waals surface area (Å²) in [5.74, 6) is -0.713. The molecular formula is C23H27FN2O3S. The number of para-hydroxylation sites is 1. The number of fused-ring (bicyclic) bond motifs is 1. The topological polar surface area (TPSA) is 49.9 Å². The Bertz CT molecular complexity index is 911. The van der Waals surface area contributed by atoms with E-state index >= 15 is 0 Å². The lowest BCUT2D eigenvalue weighted by atomic mass is 10.00. The summed E-state index contributed by atoms with van der Waals surface area (Å²) in [5, 5.41) is 2.00. The number of amides is 2. The SMILES string of the molecule is C=CCN(CC(=O)N1CCc2sccc2C1COc1ccccc1F)C(=O)C(C)C. The molecule has 0 N–H and O–H groups in total. The predicted octanol–water partition coefficient (Wildman–Crippen LogP) is 4.06. The number of halogens is 1. The van der Waals surface area contributed by atoms with Gasteiger partial charge in [0.05, 0.1) is 6.04 Å². The van der Waals surface area contributed by atoms with Crippen molar-refractivity contribution in [3.8, 4) is 5.75 Å². The lowest BCUT2D eigenvalue weighted by Gasteiger charge is -2.37. The lowest BCUT2D eigenvalue weighted by molar-refractivity contribution is -0.143. The number of hydrogen-bond acceptors (Lipinski definition) is 4. The fourth-order valence-electron chi connectivity index (χ4n) is 3.61. The fraction of sp³-hybridized carbons (Fsp3) is 0.391. The maximum atomic E-state index is 14.0. The van der Waals surface area contributed by atoms with Gasteiger partial charge in [-0.25, -0.2) is 4.39 Å². The number of carbonyl (C=O) groups is 2. The van der Waals surface area contributed by atoms with Crippen LogP contribution in [0.25, 0.3) is 0 Å². The van der Waals surface area contributed by atoms with E-state index < -0.39 is 5.82 Å². The van der Waals surface area contributed by atoms with Crippen molar-refractivity contribution in [2.24, 2.45) is 5.92 Å². The van der Waals surface area contributed by atoms with Crippen molar-refractivity contribution in [2.75, 3.05) is 26.2 Å². The number of benzene rings is 1. The van der Waals surface area contributed by atoms with Crippen molar-refractivity contribution in [3.05, 3.63) is 64.6 Å². The summed E-state index contributed by atoms with van der Waals surface area (Å²) in [6.45, 7) is 8.31. The molecule has 2 heterocycles. The number of carbonyl (C=O) groups excluding carboxylic acids is 2. The molecule has 0 aliphatic carbocycles. The minimum absolute atomic E-state index is 0.0152. The number of rotatable bonds is 8. The molecule has 0 fully saturated rings. The first-order chi connectivity index (χ1) is 14.4. The van der Waals surface area contributed by atoms with Crippen LogP contribution >= 0.6 is 11.3 Å². The van der Waals surface area contributed by atoms with Crippen LogP contribution in [-0.4, -0.2) is 47.9 Å². The average molecular weight is 431 g/mol. The number of nitrogens with zero attached hydrogens (tertiary/aromatic N) is 2. The Balaban J connectivity index is 1.79. The first-order valence-electron chi connectivity index (χ1n) is 10.0. The molecule has 1 aromatic heterocycles. The first kappa shape index (κ1) is 22.0. The molecule has 1 aliphatic heterocycles. The molecule has 1 aromatic carbocycles. The monoisotopic (exact) mass is 430 g/mol. The highest BCUT2D eigenvalue weighted by atomic mass is 32.1. The zero-order valence-electron chi connectivity index (χ0n) is 17.3. The predicted molar refractivity (Wildman–Crippen MR) is 116 cm³/mol. The maximum Gasteiger partial charge on any atom is 0.242 e. The highest BCUT2D eigenvalue weighted by Crippen LogP contribution is 2.34. The van der Waals surface area contributed by atoms with Crippen LogP contribution in [-0.2, 0) is 16.0 Å². The Labute approximate surface area is 180 Å². The molecule has 1 aliphatic rings.